The number of fused-ring (bicyclic) bond motifs is 3. The van der Waals surface area contributed by atoms with Crippen LogP contribution in [0.4, 0.5) is 0 Å². The molecule has 0 unspecified atom stereocenters. The zero-order chi connectivity index (χ0) is 29.3. The van der Waals surface area contributed by atoms with Crippen LogP contribution in [0.1, 0.15) is 34.1 Å². The molecule has 0 radical (unpaired) electrons. The third kappa shape index (κ3) is 5.59. The number of benzene rings is 2. The van der Waals surface area contributed by atoms with Crippen LogP contribution in [-0.2, 0) is 4.74 Å². The summed E-state index contributed by atoms with van der Waals surface area (Å²) in [5.74, 6) is -0.110. The Balaban J connectivity index is 1.44. The number of hydrazine groups is 1. The van der Waals surface area contributed by atoms with Crippen molar-refractivity contribution in [3.05, 3.63) is 100 Å². The van der Waals surface area contributed by atoms with Crippen LogP contribution in [0, 0.1) is 0 Å². The predicted molar refractivity (Wildman–Crippen MR) is 160 cm³/mol. The maximum absolute atomic E-state index is 13.5. The molecule has 41 heavy (non-hydrogen) atoms. The molecule has 0 aliphatic heterocycles. The van der Waals surface area contributed by atoms with Crippen LogP contribution in [0.3, 0.4) is 0 Å². The van der Waals surface area contributed by atoms with Crippen molar-refractivity contribution in [2.75, 3.05) is 47.8 Å². The van der Waals surface area contributed by atoms with Gasteiger partial charge in [0.1, 0.15) is 11.5 Å². The van der Waals surface area contributed by atoms with Crippen molar-refractivity contribution in [2.45, 2.75) is 13.3 Å². The molecule has 9 nitrogen and oxygen atoms in total. The number of esters is 1. The monoisotopic (exact) mass is 553 g/mol. The van der Waals surface area contributed by atoms with E-state index in [-0.39, 0.29) is 17.2 Å². The average Bonchev–Trinajstić information content (AvgIpc) is 3.26. The summed E-state index contributed by atoms with van der Waals surface area (Å²) in [6.07, 6.45) is 5.77. The van der Waals surface area contributed by atoms with E-state index in [1.165, 1.54) is 0 Å². The van der Waals surface area contributed by atoms with E-state index in [9.17, 15) is 14.7 Å². The summed E-state index contributed by atoms with van der Waals surface area (Å²) in [4.78, 5) is 33.4. The molecule has 0 atom stereocenters. The quantitative estimate of drug-likeness (QED) is 0.226. The minimum absolute atomic E-state index is 0.207. The summed E-state index contributed by atoms with van der Waals surface area (Å²) >= 11 is 0. The minimum atomic E-state index is -0.556. The Labute approximate surface area is 239 Å². The highest BCUT2D eigenvalue weighted by Crippen LogP contribution is 2.38. The summed E-state index contributed by atoms with van der Waals surface area (Å²) in [6.45, 7) is 3.91. The van der Waals surface area contributed by atoms with Gasteiger partial charge in [0.25, 0.3) is 5.91 Å². The van der Waals surface area contributed by atoms with E-state index in [0.29, 0.717) is 54.0 Å². The fraction of sp³-hybridized carbons (Fsp3) is 0.281. The third-order valence-corrected chi connectivity index (χ3v) is 7.23. The highest BCUT2D eigenvalue weighted by atomic mass is 16.5. The van der Waals surface area contributed by atoms with Gasteiger partial charge in [-0.05, 0) is 69.1 Å². The minimum Gasteiger partial charge on any atom is -0.505 e. The van der Waals surface area contributed by atoms with Crippen molar-refractivity contribution in [3.63, 3.8) is 0 Å². The molecule has 1 amide bonds. The van der Waals surface area contributed by atoms with Gasteiger partial charge in [0, 0.05) is 62.1 Å². The topological polar surface area (TPSA) is 98.2 Å². The number of aliphatic hydroxyl groups is 1. The fourth-order valence-corrected chi connectivity index (χ4v) is 5.18. The number of allylic oxidation sites excluding steroid dienone is 5. The van der Waals surface area contributed by atoms with Crippen LogP contribution in [-0.4, -0.2) is 84.7 Å². The largest absolute Gasteiger partial charge is 0.505 e. The average molecular weight is 554 g/mol. The summed E-state index contributed by atoms with van der Waals surface area (Å²) in [5.41, 5.74) is 4.16. The van der Waals surface area contributed by atoms with Gasteiger partial charge >= 0.3 is 5.97 Å². The summed E-state index contributed by atoms with van der Waals surface area (Å²) < 4.78 is 5.87. The molecule has 2 aliphatic rings. The number of ether oxygens (including phenoxy) is 1. The van der Waals surface area contributed by atoms with Crippen molar-refractivity contribution in [3.8, 4) is 0 Å². The van der Waals surface area contributed by atoms with Gasteiger partial charge in [0.15, 0.2) is 0 Å². The normalized spacial score (nSPS) is 14.8. The Kier molecular flexibility index (Phi) is 7.92. The number of aliphatic hydroxyl groups excluding tert-OH is 1. The van der Waals surface area contributed by atoms with E-state index in [1.807, 2.05) is 86.4 Å². The molecule has 212 valence electrons. The second kappa shape index (κ2) is 11.6. The number of aromatic nitrogens is 1. The van der Waals surface area contributed by atoms with Crippen LogP contribution in [0.5, 0.6) is 0 Å². The van der Waals surface area contributed by atoms with Gasteiger partial charge < -0.3 is 25.1 Å². The number of nitrogens with zero attached hydrogens (tertiary/aromatic N) is 4. The van der Waals surface area contributed by atoms with Gasteiger partial charge in [-0.1, -0.05) is 18.2 Å². The molecule has 2 aromatic carbocycles. The number of carbonyl (C=O) groups excluding carboxylic acids is 2. The highest BCUT2D eigenvalue weighted by molar-refractivity contribution is 6.14. The smallest absolute Gasteiger partial charge is 0.345 e. The van der Waals surface area contributed by atoms with Crippen LogP contribution in [0.15, 0.2) is 89.1 Å². The zero-order valence-electron chi connectivity index (χ0n) is 24.1. The molecule has 0 bridgehead atoms. The number of rotatable bonds is 9. The molecule has 2 aliphatic carbocycles. The number of carbonyl (C=O) groups is 2. The Morgan fingerprint density at radius 2 is 1.80 bits per heavy atom. The van der Waals surface area contributed by atoms with Gasteiger partial charge in [-0.15, -0.1) is 0 Å². The number of amides is 1. The van der Waals surface area contributed by atoms with E-state index >= 15 is 0 Å². The van der Waals surface area contributed by atoms with Crippen molar-refractivity contribution < 1.29 is 19.4 Å². The molecular weight excluding hydrogens is 518 g/mol. The van der Waals surface area contributed by atoms with Crippen LogP contribution in [0.25, 0.3) is 21.8 Å². The van der Waals surface area contributed by atoms with E-state index < -0.39 is 5.97 Å². The predicted octanol–water partition coefficient (Wildman–Crippen LogP) is 4.56. The first-order valence-electron chi connectivity index (χ1n) is 13.7. The number of hydrogen-bond donors (Lipinski definition) is 2. The molecule has 9 heteroatoms. The molecule has 0 saturated carbocycles. The number of likely N-dealkylation sites (N-methyl/N-ethyl adjacent to an activating group) is 2. The number of para-hydroxylation sites is 1. The van der Waals surface area contributed by atoms with E-state index in [4.69, 9.17) is 9.72 Å². The van der Waals surface area contributed by atoms with Crippen molar-refractivity contribution in [2.24, 2.45) is 0 Å². The molecule has 3 aromatic rings. The van der Waals surface area contributed by atoms with Crippen molar-refractivity contribution >= 4 is 33.7 Å². The summed E-state index contributed by atoms with van der Waals surface area (Å²) in [5, 5.41) is 19.1. The first-order valence-corrected chi connectivity index (χ1v) is 13.7. The second-order valence-corrected chi connectivity index (χ2v) is 10.5. The van der Waals surface area contributed by atoms with Crippen LogP contribution < -0.4 is 5.32 Å². The Morgan fingerprint density at radius 3 is 2.54 bits per heavy atom. The van der Waals surface area contributed by atoms with Gasteiger partial charge in [-0.25, -0.2) is 14.8 Å². The van der Waals surface area contributed by atoms with Gasteiger partial charge in [0.05, 0.1) is 22.3 Å². The lowest BCUT2D eigenvalue weighted by Crippen LogP contribution is -2.35. The lowest BCUT2D eigenvalue weighted by molar-refractivity contribution is 0.0619. The maximum Gasteiger partial charge on any atom is 0.345 e. The Hall–Kier alpha value is -4.47. The van der Waals surface area contributed by atoms with Crippen molar-refractivity contribution in [1.29, 1.82) is 0 Å². The van der Waals surface area contributed by atoms with E-state index in [2.05, 4.69) is 5.32 Å². The molecule has 0 saturated heterocycles. The fourth-order valence-electron chi connectivity index (χ4n) is 5.18. The molecule has 1 aromatic heterocycles. The highest BCUT2D eigenvalue weighted by Gasteiger charge is 2.29. The second-order valence-electron chi connectivity index (χ2n) is 10.5. The lowest BCUT2D eigenvalue weighted by atomic mass is 9.99. The van der Waals surface area contributed by atoms with Gasteiger partial charge in [-0.3, -0.25) is 4.79 Å². The zero-order valence-corrected chi connectivity index (χ0v) is 24.1. The lowest BCUT2D eigenvalue weighted by Gasteiger charge is -2.30. The van der Waals surface area contributed by atoms with Crippen LogP contribution >= 0.6 is 0 Å². The molecule has 5 rings (SSSR count). The van der Waals surface area contributed by atoms with Gasteiger partial charge in [0.2, 0.25) is 0 Å². The van der Waals surface area contributed by atoms with Crippen LogP contribution in [0.2, 0.25) is 0 Å². The first-order chi connectivity index (χ1) is 19.7. The summed E-state index contributed by atoms with van der Waals surface area (Å²) in [6, 6.07) is 12.8. The molecule has 2 N–H and O–H groups in total. The summed E-state index contributed by atoms with van der Waals surface area (Å²) in [7, 11) is 7.73. The third-order valence-electron chi connectivity index (χ3n) is 7.23. The molecular formula is C32H35N5O4. The number of pyridine rings is 1. The molecule has 0 spiro atoms. The standard InChI is InChI=1S/C32H35N5O4/c1-6-37(36(4)5)28-19-21-17-22(11-12-23(21)30(28)38)41-32(40)25-14-13-24(31(39)33-15-16-35(2)3)26-18-20-9-7-8-10-27(20)34-29(25)26/h7-14,18-19,38H,6,15-17H2,1-5H3,(H,33,39). The van der Waals surface area contributed by atoms with E-state index in [0.717, 1.165) is 22.0 Å². The Morgan fingerprint density at radius 1 is 1.05 bits per heavy atom. The molecule has 1 heterocycles. The maximum atomic E-state index is 13.5. The van der Waals surface area contributed by atoms with E-state index in [1.54, 1.807) is 24.3 Å². The first kappa shape index (κ1) is 28.1. The number of hydrogen-bond acceptors (Lipinski definition) is 8. The molecule has 0 fully saturated rings. The SMILES string of the molecule is CCN(C1=C(O)C2=CC=C(OC(=O)c3ccc(C(=O)NCCN(C)C)c4cc5ccccc5nc34)CC2=C1)N(C)C. The van der Waals surface area contributed by atoms with Crippen molar-refractivity contribution in [1.82, 2.24) is 25.2 Å². The Bertz CT molecular complexity index is 1670. The van der Waals surface area contributed by atoms with Gasteiger partial charge in [-0.2, -0.15) is 0 Å². The number of nitrogens with one attached hydrogen (secondary N) is 1.